The van der Waals surface area contributed by atoms with Crippen molar-refractivity contribution in [3.8, 4) is 0 Å². The van der Waals surface area contributed by atoms with Crippen LogP contribution in [0.3, 0.4) is 0 Å². The summed E-state index contributed by atoms with van der Waals surface area (Å²) in [4.78, 5) is 26.3. The van der Waals surface area contributed by atoms with Crippen LogP contribution in [0.1, 0.15) is 12.6 Å². The highest BCUT2D eigenvalue weighted by atomic mass is 35.5. The highest BCUT2D eigenvalue weighted by molar-refractivity contribution is 7.51. The van der Waals surface area contributed by atoms with Gasteiger partial charge in [-0.2, -0.15) is 4.98 Å². The zero-order valence-corrected chi connectivity index (χ0v) is 17.4. The minimum Gasteiger partial charge on any atom is -0.387 e. The van der Waals surface area contributed by atoms with Crippen molar-refractivity contribution in [1.82, 2.24) is 19.9 Å². The number of nitrogens with one attached hydrogen (secondary N) is 2. The van der Waals surface area contributed by atoms with Gasteiger partial charge in [0.05, 0.1) is 12.0 Å². The Morgan fingerprint density at radius 1 is 1.37 bits per heavy atom. The summed E-state index contributed by atoms with van der Waals surface area (Å²) >= 11 is 6.11. The van der Waals surface area contributed by atoms with Crippen LogP contribution >= 0.6 is 19.2 Å². The van der Waals surface area contributed by atoms with Crippen LogP contribution in [-0.2, 0) is 14.0 Å². The number of aliphatic hydroxyl groups is 2. The van der Waals surface area contributed by atoms with Crippen LogP contribution in [0.15, 0.2) is 12.3 Å². The third-order valence-electron chi connectivity index (χ3n) is 5.10. The molecular weight excluding hydrogens is 441 g/mol. The molecular formula is C16H23ClN5O7P. The van der Waals surface area contributed by atoms with Gasteiger partial charge in [0, 0.05) is 18.8 Å². The van der Waals surface area contributed by atoms with Gasteiger partial charge in [0.1, 0.15) is 36.1 Å². The Bertz CT molecular complexity index is 949. The molecule has 2 aliphatic rings. The highest BCUT2D eigenvalue weighted by Gasteiger charge is 2.44. The van der Waals surface area contributed by atoms with Gasteiger partial charge in [-0.15, -0.1) is 0 Å². The van der Waals surface area contributed by atoms with E-state index in [-0.39, 0.29) is 17.9 Å². The molecule has 0 spiro atoms. The molecule has 4 heterocycles. The van der Waals surface area contributed by atoms with E-state index in [1.165, 1.54) is 4.57 Å². The smallest absolute Gasteiger partial charge is 0.350 e. The molecule has 14 heteroatoms. The van der Waals surface area contributed by atoms with E-state index in [0.717, 1.165) is 19.5 Å². The number of ether oxygens (including phenoxy) is 2. The van der Waals surface area contributed by atoms with Crippen molar-refractivity contribution < 1.29 is 34.0 Å². The fraction of sp³-hybridized carbons (Fsp3) is 0.625. The van der Waals surface area contributed by atoms with Crippen molar-refractivity contribution in [2.24, 2.45) is 0 Å². The first-order valence-corrected chi connectivity index (χ1v) is 11.6. The molecule has 0 saturated carbocycles. The molecule has 4 rings (SSSR count). The molecule has 30 heavy (non-hydrogen) atoms. The molecule has 12 nitrogen and oxygen atoms in total. The van der Waals surface area contributed by atoms with Crippen LogP contribution < -0.4 is 10.6 Å². The van der Waals surface area contributed by atoms with E-state index in [1.54, 1.807) is 12.3 Å². The van der Waals surface area contributed by atoms with Gasteiger partial charge in [0.25, 0.3) is 0 Å². The molecule has 0 aromatic carbocycles. The summed E-state index contributed by atoms with van der Waals surface area (Å²) in [6.07, 6.45) is -2.82. The molecule has 0 amide bonds. The molecule has 0 aliphatic carbocycles. The van der Waals surface area contributed by atoms with Crippen LogP contribution in [0.5, 0.6) is 0 Å². The summed E-state index contributed by atoms with van der Waals surface area (Å²) in [5.74, 6) is 0.562. The minimum atomic E-state index is -4.35. The number of hydrogen-bond donors (Lipinski definition) is 6. The van der Waals surface area contributed by atoms with Crippen molar-refractivity contribution >= 4 is 36.0 Å². The molecule has 2 saturated heterocycles. The Balaban J connectivity index is 1.55. The van der Waals surface area contributed by atoms with Crippen LogP contribution in [0.25, 0.3) is 11.0 Å². The molecule has 0 radical (unpaired) electrons. The average molecular weight is 464 g/mol. The Morgan fingerprint density at radius 2 is 2.17 bits per heavy atom. The van der Waals surface area contributed by atoms with E-state index in [0.29, 0.717) is 16.9 Å². The van der Waals surface area contributed by atoms with Crippen molar-refractivity contribution in [3.05, 3.63) is 17.5 Å². The molecule has 5 atom stereocenters. The summed E-state index contributed by atoms with van der Waals surface area (Å²) < 4.78 is 23.1. The van der Waals surface area contributed by atoms with E-state index in [1.807, 2.05) is 0 Å². The van der Waals surface area contributed by atoms with Crippen LogP contribution in [0.2, 0.25) is 5.28 Å². The maximum absolute atomic E-state index is 10.9. The van der Waals surface area contributed by atoms with Gasteiger partial charge in [0.2, 0.25) is 5.28 Å². The van der Waals surface area contributed by atoms with E-state index >= 15 is 0 Å². The quantitative estimate of drug-likeness (QED) is 0.234. The normalized spacial score (nSPS) is 29.7. The molecule has 2 aromatic heterocycles. The first kappa shape index (κ1) is 21.9. The van der Waals surface area contributed by atoms with Crippen LogP contribution in [0, 0.1) is 0 Å². The second-order valence-corrected chi connectivity index (χ2v) is 9.27. The molecule has 2 fully saturated rings. The number of anilines is 1. The second-order valence-electron chi connectivity index (χ2n) is 7.35. The van der Waals surface area contributed by atoms with Crippen LogP contribution in [0.4, 0.5) is 5.82 Å². The van der Waals surface area contributed by atoms with Gasteiger partial charge in [-0.05, 0) is 30.6 Å². The van der Waals surface area contributed by atoms with E-state index < -0.39 is 38.5 Å². The van der Waals surface area contributed by atoms with Gasteiger partial charge >= 0.3 is 7.60 Å². The lowest BCUT2D eigenvalue weighted by atomic mass is 10.1. The third kappa shape index (κ3) is 4.62. The zero-order valence-electron chi connectivity index (χ0n) is 15.8. The second kappa shape index (κ2) is 8.65. The third-order valence-corrected chi connectivity index (χ3v) is 5.79. The lowest BCUT2D eigenvalue weighted by Gasteiger charge is -2.18. The number of nitrogens with zero attached hydrogens (tertiary/aromatic N) is 3. The standard InChI is InChI=1S/C16H23ClN5O7P/c17-16-20-13(19-8-1-3-18-5-8)9-2-4-22(14(9)21-16)15-12(24)11(23)10(29-15)6-28-7-30(25,26)27/h2,4,8,10-12,15,18,23-24H,1,3,5-7H2,(H,19,20,21)(H2,25,26,27)/t8-,10-,11-,12-,15-/m1/s1. The number of aromatic nitrogens is 3. The molecule has 2 aromatic rings. The summed E-state index contributed by atoms with van der Waals surface area (Å²) in [5, 5.41) is 28.1. The van der Waals surface area contributed by atoms with Crippen LogP contribution in [-0.4, -0.2) is 84.9 Å². The van der Waals surface area contributed by atoms with Crippen molar-refractivity contribution in [3.63, 3.8) is 0 Å². The predicted molar refractivity (Wildman–Crippen MR) is 106 cm³/mol. The predicted octanol–water partition coefficient (Wildman–Crippen LogP) is -0.371. The zero-order chi connectivity index (χ0) is 21.5. The average Bonchev–Trinajstić information content (AvgIpc) is 3.37. The van der Waals surface area contributed by atoms with E-state index in [4.69, 9.17) is 30.9 Å². The Labute approximate surface area is 176 Å². The van der Waals surface area contributed by atoms with Gasteiger partial charge in [-0.1, -0.05) is 0 Å². The first-order chi connectivity index (χ1) is 14.2. The van der Waals surface area contributed by atoms with E-state index in [2.05, 4.69) is 20.6 Å². The number of aliphatic hydroxyl groups excluding tert-OH is 2. The topological polar surface area (TPSA) is 171 Å². The summed E-state index contributed by atoms with van der Waals surface area (Å²) in [6, 6.07) is 1.96. The lowest BCUT2D eigenvalue weighted by molar-refractivity contribution is -0.0610. The van der Waals surface area contributed by atoms with Gasteiger partial charge in [0.15, 0.2) is 6.23 Å². The highest BCUT2D eigenvalue weighted by Crippen LogP contribution is 2.36. The van der Waals surface area contributed by atoms with Crippen molar-refractivity contribution in [1.29, 1.82) is 0 Å². The van der Waals surface area contributed by atoms with Gasteiger partial charge in [-0.25, -0.2) is 4.98 Å². The largest absolute Gasteiger partial charge is 0.387 e. The van der Waals surface area contributed by atoms with Crippen molar-refractivity contribution in [2.45, 2.75) is 37.0 Å². The molecule has 166 valence electrons. The molecule has 2 aliphatic heterocycles. The number of halogens is 1. The molecule has 0 bridgehead atoms. The fourth-order valence-electron chi connectivity index (χ4n) is 3.68. The molecule has 6 N–H and O–H groups in total. The SMILES string of the molecule is O=P(O)(O)COC[C@H]1O[C@@H](n2ccc3c(N[C@@H]4CCNC4)nc(Cl)nc32)[C@H](O)[C@@H]1O. The van der Waals surface area contributed by atoms with Gasteiger partial charge in [-0.3, -0.25) is 4.57 Å². The Kier molecular flexibility index (Phi) is 6.31. The number of fused-ring (bicyclic) bond motifs is 1. The number of hydrogen-bond acceptors (Lipinski definition) is 9. The number of rotatable bonds is 7. The first-order valence-electron chi connectivity index (χ1n) is 9.38. The lowest BCUT2D eigenvalue weighted by Crippen LogP contribution is -2.33. The van der Waals surface area contributed by atoms with Crippen molar-refractivity contribution in [2.75, 3.05) is 31.4 Å². The van der Waals surface area contributed by atoms with E-state index in [9.17, 15) is 14.8 Å². The fourth-order valence-corrected chi connectivity index (χ4v) is 4.19. The maximum atomic E-state index is 10.9. The van der Waals surface area contributed by atoms with Gasteiger partial charge < -0.3 is 44.7 Å². The summed E-state index contributed by atoms with van der Waals surface area (Å²) in [6.45, 7) is 1.42. The molecule has 0 unspecified atom stereocenters. The monoisotopic (exact) mass is 463 g/mol. The summed E-state index contributed by atoms with van der Waals surface area (Å²) in [7, 11) is -4.35. The Morgan fingerprint density at radius 3 is 2.87 bits per heavy atom. The summed E-state index contributed by atoms with van der Waals surface area (Å²) in [5.41, 5.74) is 0.413. The Hall–Kier alpha value is -1.34. The maximum Gasteiger partial charge on any atom is 0.350 e. The minimum absolute atomic E-state index is 0.0190.